The van der Waals surface area contributed by atoms with Gasteiger partial charge in [0.15, 0.2) is 0 Å². The van der Waals surface area contributed by atoms with Crippen molar-refractivity contribution in [3.8, 4) is 5.75 Å². The molecule has 1 unspecified atom stereocenters. The highest BCUT2D eigenvalue weighted by Gasteiger charge is 2.36. The van der Waals surface area contributed by atoms with Gasteiger partial charge in [-0.2, -0.15) is 4.31 Å². The molecule has 128 valence electrons. The zero-order chi connectivity index (χ0) is 17.3. The lowest BCUT2D eigenvalue weighted by Crippen LogP contribution is -2.30. The summed E-state index contributed by atoms with van der Waals surface area (Å²) in [4.78, 5) is 0.348. The predicted octanol–water partition coefficient (Wildman–Crippen LogP) is 3.84. The number of hydrogen-bond acceptors (Lipinski definition) is 3. The molecule has 0 bridgehead atoms. The van der Waals surface area contributed by atoms with Crippen LogP contribution in [0, 0.1) is 13.8 Å². The number of rotatable bonds is 4. The van der Waals surface area contributed by atoms with Crippen molar-refractivity contribution < 1.29 is 13.2 Å². The van der Waals surface area contributed by atoms with E-state index in [2.05, 4.69) is 0 Å². The predicted molar refractivity (Wildman–Crippen MR) is 94.8 cm³/mol. The fraction of sp³-hybridized carbons (Fsp3) is 0.368. The van der Waals surface area contributed by atoms with Crippen LogP contribution in [0.25, 0.3) is 0 Å². The van der Waals surface area contributed by atoms with Crippen LogP contribution in [0.5, 0.6) is 5.75 Å². The van der Waals surface area contributed by atoms with Crippen LogP contribution in [0.2, 0.25) is 0 Å². The molecule has 1 aliphatic rings. The second-order valence-corrected chi connectivity index (χ2v) is 8.17. The molecule has 1 heterocycles. The smallest absolute Gasteiger partial charge is 0.243 e. The lowest BCUT2D eigenvalue weighted by atomic mass is 10.1. The molecule has 5 heteroatoms. The highest BCUT2D eigenvalue weighted by Crippen LogP contribution is 2.37. The van der Waals surface area contributed by atoms with Gasteiger partial charge < -0.3 is 4.74 Å². The molecule has 4 nitrogen and oxygen atoms in total. The summed E-state index contributed by atoms with van der Waals surface area (Å²) in [5.74, 6) is 0.745. The van der Waals surface area contributed by atoms with Gasteiger partial charge in [0.25, 0.3) is 0 Å². The van der Waals surface area contributed by atoms with Gasteiger partial charge in [-0.15, -0.1) is 0 Å². The molecule has 1 fully saturated rings. The van der Waals surface area contributed by atoms with Crippen molar-refractivity contribution in [2.24, 2.45) is 0 Å². The first-order valence-corrected chi connectivity index (χ1v) is 9.61. The summed E-state index contributed by atoms with van der Waals surface area (Å²) in [6.45, 7) is 4.32. The summed E-state index contributed by atoms with van der Waals surface area (Å²) in [7, 11) is -1.92. The first-order chi connectivity index (χ1) is 11.4. The summed E-state index contributed by atoms with van der Waals surface area (Å²) in [5, 5.41) is 0. The van der Waals surface area contributed by atoms with Crippen LogP contribution >= 0.6 is 0 Å². The molecule has 1 saturated heterocycles. The van der Waals surface area contributed by atoms with E-state index in [0.717, 1.165) is 35.3 Å². The van der Waals surface area contributed by atoms with Crippen molar-refractivity contribution >= 4 is 10.0 Å². The molecular weight excluding hydrogens is 322 g/mol. The Morgan fingerprint density at radius 1 is 1.08 bits per heavy atom. The van der Waals surface area contributed by atoms with E-state index >= 15 is 0 Å². The number of sulfonamides is 1. The normalized spacial score (nSPS) is 18.7. The third-order valence-electron chi connectivity index (χ3n) is 4.63. The second kappa shape index (κ2) is 6.57. The molecule has 24 heavy (non-hydrogen) atoms. The van der Waals surface area contributed by atoms with Crippen molar-refractivity contribution in [3.05, 3.63) is 59.2 Å². The third kappa shape index (κ3) is 2.94. The fourth-order valence-corrected chi connectivity index (χ4v) is 5.41. The first kappa shape index (κ1) is 17.0. The summed E-state index contributed by atoms with van der Waals surface area (Å²) in [6.07, 6.45) is 1.74. The zero-order valence-electron chi connectivity index (χ0n) is 14.3. The van der Waals surface area contributed by atoms with Gasteiger partial charge in [-0.1, -0.05) is 30.3 Å². The van der Waals surface area contributed by atoms with E-state index in [4.69, 9.17) is 4.74 Å². The van der Waals surface area contributed by atoms with Crippen molar-refractivity contribution in [2.75, 3.05) is 13.7 Å². The Morgan fingerprint density at radius 3 is 2.29 bits per heavy atom. The molecule has 2 aromatic rings. The van der Waals surface area contributed by atoms with E-state index in [9.17, 15) is 8.42 Å². The molecule has 0 N–H and O–H groups in total. The summed E-state index contributed by atoms with van der Waals surface area (Å²) in [6, 6.07) is 13.2. The van der Waals surface area contributed by atoms with Crippen molar-refractivity contribution in [3.63, 3.8) is 0 Å². The summed E-state index contributed by atoms with van der Waals surface area (Å²) < 4.78 is 33.4. The standard InChI is InChI=1S/C19H23NO3S/c1-14-12-17(13-15(2)19(14)23-3)24(21,22)20-11-7-10-18(20)16-8-5-4-6-9-16/h4-6,8-9,12-13,18H,7,10-11H2,1-3H3. The van der Waals surface area contributed by atoms with E-state index in [0.29, 0.717) is 11.4 Å². The highest BCUT2D eigenvalue weighted by atomic mass is 32.2. The van der Waals surface area contributed by atoms with Crippen LogP contribution in [0.3, 0.4) is 0 Å². The summed E-state index contributed by atoms with van der Waals surface area (Å²) in [5.41, 5.74) is 2.73. The van der Waals surface area contributed by atoms with E-state index < -0.39 is 10.0 Å². The van der Waals surface area contributed by atoms with Gasteiger partial charge in [-0.05, 0) is 55.5 Å². The highest BCUT2D eigenvalue weighted by molar-refractivity contribution is 7.89. The second-order valence-electron chi connectivity index (χ2n) is 6.27. The van der Waals surface area contributed by atoms with Crippen LogP contribution in [-0.4, -0.2) is 26.4 Å². The largest absolute Gasteiger partial charge is 0.496 e. The molecule has 0 saturated carbocycles. The monoisotopic (exact) mass is 345 g/mol. The van der Waals surface area contributed by atoms with Crippen LogP contribution in [-0.2, 0) is 10.0 Å². The van der Waals surface area contributed by atoms with Crippen molar-refractivity contribution in [1.82, 2.24) is 4.31 Å². The van der Waals surface area contributed by atoms with Crippen LogP contribution < -0.4 is 4.74 Å². The number of benzene rings is 2. The molecule has 0 radical (unpaired) electrons. The Kier molecular flexibility index (Phi) is 4.65. The average Bonchev–Trinajstić information content (AvgIpc) is 3.06. The number of hydrogen-bond donors (Lipinski definition) is 0. The SMILES string of the molecule is COc1c(C)cc(S(=O)(=O)N2CCCC2c2ccccc2)cc1C. The number of nitrogens with zero attached hydrogens (tertiary/aromatic N) is 1. The number of methoxy groups -OCH3 is 1. The fourth-order valence-electron chi connectivity index (χ4n) is 3.55. The summed E-state index contributed by atoms with van der Waals surface area (Å²) >= 11 is 0. The molecule has 2 aromatic carbocycles. The van der Waals surface area contributed by atoms with Gasteiger partial charge in [-0.3, -0.25) is 0 Å². The van der Waals surface area contributed by atoms with E-state index in [1.165, 1.54) is 0 Å². The van der Waals surface area contributed by atoms with Crippen molar-refractivity contribution in [2.45, 2.75) is 37.6 Å². The Morgan fingerprint density at radius 2 is 1.71 bits per heavy atom. The zero-order valence-corrected chi connectivity index (χ0v) is 15.1. The maximum Gasteiger partial charge on any atom is 0.243 e. The lowest BCUT2D eigenvalue weighted by molar-refractivity contribution is 0.395. The third-order valence-corrected chi connectivity index (χ3v) is 6.52. The van der Waals surface area contributed by atoms with Gasteiger partial charge >= 0.3 is 0 Å². The molecule has 0 aromatic heterocycles. The average molecular weight is 345 g/mol. The van der Waals surface area contributed by atoms with Crippen molar-refractivity contribution in [1.29, 1.82) is 0 Å². The van der Waals surface area contributed by atoms with Crippen LogP contribution in [0.15, 0.2) is 47.4 Å². The molecule has 0 spiro atoms. The lowest BCUT2D eigenvalue weighted by Gasteiger charge is -2.25. The van der Waals surface area contributed by atoms with Gasteiger partial charge in [0.2, 0.25) is 10.0 Å². The number of ether oxygens (including phenoxy) is 1. The number of aryl methyl sites for hydroxylation is 2. The van der Waals surface area contributed by atoms with Gasteiger partial charge in [0, 0.05) is 6.54 Å². The minimum absolute atomic E-state index is 0.0843. The minimum atomic E-state index is -3.53. The van der Waals surface area contributed by atoms with E-state index in [1.807, 2.05) is 44.2 Å². The molecule has 0 amide bonds. The van der Waals surface area contributed by atoms with Gasteiger partial charge in [-0.25, -0.2) is 8.42 Å². The van der Waals surface area contributed by atoms with Crippen LogP contribution in [0.4, 0.5) is 0 Å². The minimum Gasteiger partial charge on any atom is -0.496 e. The van der Waals surface area contributed by atoms with Gasteiger partial charge in [0.05, 0.1) is 18.0 Å². The quantitative estimate of drug-likeness (QED) is 0.846. The molecule has 3 rings (SSSR count). The Hall–Kier alpha value is -1.85. The van der Waals surface area contributed by atoms with Gasteiger partial charge in [0.1, 0.15) is 5.75 Å². The molecular formula is C19H23NO3S. The Balaban J connectivity index is 2.01. The van der Waals surface area contributed by atoms with E-state index in [-0.39, 0.29) is 6.04 Å². The van der Waals surface area contributed by atoms with Crippen LogP contribution in [0.1, 0.15) is 35.6 Å². The Labute approximate surface area is 144 Å². The maximum atomic E-state index is 13.2. The molecule has 1 aliphatic heterocycles. The maximum absolute atomic E-state index is 13.2. The molecule has 1 atom stereocenters. The topological polar surface area (TPSA) is 46.6 Å². The first-order valence-electron chi connectivity index (χ1n) is 8.17. The molecule has 0 aliphatic carbocycles. The van der Waals surface area contributed by atoms with E-state index in [1.54, 1.807) is 23.5 Å². The Bertz CT molecular complexity index is 808.